The number of carbonyl (C=O) groups excluding carboxylic acids is 1. The molecule has 1 aliphatic rings. The largest absolute Gasteiger partial charge is 0.488 e. The molecule has 20 heavy (non-hydrogen) atoms. The van der Waals surface area contributed by atoms with Crippen molar-refractivity contribution in [3.63, 3.8) is 0 Å². The van der Waals surface area contributed by atoms with E-state index in [1.807, 2.05) is 6.07 Å². The number of hydrogen-bond donors (Lipinski definition) is 1. The summed E-state index contributed by atoms with van der Waals surface area (Å²) in [4.78, 5) is 13.4. The molecule has 1 aromatic rings. The fourth-order valence-electron chi connectivity index (χ4n) is 2.59. The summed E-state index contributed by atoms with van der Waals surface area (Å²) in [7, 11) is 3.46. The predicted octanol–water partition coefficient (Wildman–Crippen LogP) is 3.07. The molecule has 1 fully saturated rings. The van der Waals surface area contributed by atoms with Gasteiger partial charge in [0.2, 0.25) is 0 Å². The van der Waals surface area contributed by atoms with Gasteiger partial charge >= 0.3 is 0 Å². The molecule has 0 radical (unpaired) electrons. The van der Waals surface area contributed by atoms with E-state index in [0.717, 1.165) is 12.8 Å². The normalized spacial score (nSPS) is 16.5. The van der Waals surface area contributed by atoms with Gasteiger partial charge < -0.3 is 15.4 Å². The fraction of sp³-hybridized carbons (Fsp3) is 0.562. The Morgan fingerprint density at radius 3 is 2.40 bits per heavy atom. The average molecular weight is 276 g/mol. The van der Waals surface area contributed by atoms with Crippen molar-refractivity contribution in [1.29, 1.82) is 0 Å². The lowest BCUT2D eigenvalue weighted by Crippen LogP contribution is -2.22. The third kappa shape index (κ3) is 3.65. The Balaban J connectivity index is 2.07. The SMILES string of the molecule is CN(C)C(=O)c1ccc(OC2CCCCCC2)c(N)c1. The first kappa shape index (κ1) is 14.7. The summed E-state index contributed by atoms with van der Waals surface area (Å²) in [6, 6.07) is 5.30. The van der Waals surface area contributed by atoms with Crippen molar-refractivity contribution in [2.24, 2.45) is 0 Å². The second kappa shape index (κ2) is 6.64. The highest BCUT2D eigenvalue weighted by molar-refractivity contribution is 5.95. The number of nitrogens with two attached hydrogens (primary N) is 1. The molecule has 0 aliphatic heterocycles. The zero-order valence-electron chi connectivity index (χ0n) is 12.4. The quantitative estimate of drug-likeness (QED) is 0.682. The summed E-state index contributed by atoms with van der Waals surface area (Å²) in [5.74, 6) is 0.657. The highest BCUT2D eigenvalue weighted by Crippen LogP contribution is 2.28. The Labute approximate surface area is 120 Å². The standard InChI is InChI=1S/C16H24N2O2/c1-18(2)16(19)12-9-10-15(14(17)11-12)20-13-7-5-3-4-6-8-13/h9-11,13H,3-8,17H2,1-2H3. The number of nitrogens with zero attached hydrogens (tertiary/aromatic N) is 1. The van der Waals surface area contributed by atoms with Gasteiger partial charge in [0.15, 0.2) is 0 Å². The molecule has 0 bridgehead atoms. The molecule has 110 valence electrons. The van der Waals surface area contributed by atoms with E-state index in [4.69, 9.17) is 10.5 Å². The van der Waals surface area contributed by atoms with Crippen molar-refractivity contribution >= 4 is 11.6 Å². The molecular formula is C16H24N2O2. The molecule has 0 unspecified atom stereocenters. The lowest BCUT2D eigenvalue weighted by molar-refractivity contribution is 0.0827. The summed E-state index contributed by atoms with van der Waals surface area (Å²) in [6.45, 7) is 0. The van der Waals surface area contributed by atoms with E-state index in [2.05, 4.69) is 0 Å². The maximum absolute atomic E-state index is 11.9. The smallest absolute Gasteiger partial charge is 0.253 e. The van der Waals surface area contributed by atoms with Crippen molar-refractivity contribution in [1.82, 2.24) is 4.90 Å². The van der Waals surface area contributed by atoms with E-state index in [1.54, 1.807) is 31.1 Å². The Kier molecular flexibility index (Phi) is 4.88. The highest BCUT2D eigenvalue weighted by Gasteiger charge is 2.16. The van der Waals surface area contributed by atoms with Crippen molar-refractivity contribution < 1.29 is 9.53 Å². The summed E-state index contributed by atoms with van der Waals surface area (Å²) in [6.07, 6.45) is 7.49. The van der Waals surface area contributed by atoms with Gasteiger partial charge in [-0.15, -0.1) is 0 Å². The van der Waals surface area contributed by atoms with Crippen LogP contribution < -0.4 is 10.5 Å². The molecule has 1 aromatic carbocycles. The molecule has 1 saturated carbocycles. The Bertz CT molecular complexity index is 464. The topological polar surface area (TPSA) is 55.6 Å². The zero-order valence-corrected chi connectivity index (χ0v) is 12.4. The minimum absolute atomic E-state index is 0.0438. The Morgan fingerprint density at radius 1 is 1.20 bits per heavy atom. The first-order chi connectivity index (χ1) is 9.58. The van der Waals surface area contributed by atoms with Gasteiger partial charge in [0.1, 0.15) is 5.75 Å². The van der Waals surface area contributed by atoms with Crippen LogP contribution in [0.3, 0.4) is 0 Å². The number of hydrogen-bond acceptors (Lipinski definition) is 3. The second-order valence-corrected chi connectivity index (χ2v) is 5.68. The van der Waals surface area contributed by atoms with E-state index in [-0.39, 0.29) is 12.0 Å². The van der Waals surface area contributed by atoms with Gasteiger partial charge in [-0.3, -0.25) is 4.79 Å². The van der Waals surface area contributed by atoms with Crippen LogP contribution >= 0.6 is 0 Å². The lowest BCUT2D eigenvalue weighted by atomic mass is 10.1. The average Bonchev–Trinajstić information content (AvgIpc) is 2.68. The first-order valence-corrected chi connectivity index (χ1v) is 7.36. The van der Waals surface area contributed by atoms with Crippen LogP contribution in [-0.2, 0) is 0 Å². The number of nitrogen functional groups attached to an aromatic ring is 1. The number of rotatable bonds is 3. The van der Waals surface area contributed by atoms with Gasteiger partial charge in [-0.05, 0) is 43.9 Å². The Hall–Kier alpha value is -1.71. The molecule has 2 N–H and O–H groups in total. The summed E-state index contributed by atoms with van der Waals surface area (Å²) >= 11 is 0. The molecule has 2 rings (SSSR count). The van der Waals surface area contributed by atoms with Crippen LogP contribution in [-0.4, -0.2) is 31.0 Å². The van der Waals surface area contributed by atoms with Crippen LogP contribution in [0, 0.1) is 0 Å². The van der Waals surface area contributed by atoms with E-state index >= 15 is 0 Å². The molecule has 0 spiro atoms. The van der Waals surface area contributed by atoms with Crippen LogP contribution in [0.4, 0.5) is 5.69 Å². The lowest BCUT2D eigenvalue weighted by Gasteiger charge is -2.19. The van der Waals surface area contributed by atoms with Crippen molar-refractivity contribution in [2.45, 2.75) is 44.6 Å². The van der Waals surface area contributed by atoms with Crippen LogP contribution in [0.25, 0.3) is 0 Å². The molecule has 0 atom stereocenters. The van der Waals surface area contributed by atoms with Gasteiger partial charge in [-0.25, -0.2) is 0 Å². The van der Waals surface area contributed by atoms with E-state index in [9.17, 15) is 4.79 Å². The molecule has 1 aliphatic carbocycles. The molecule has 4 heteroatoms. The number of amides is 1. The van der Waals surface area contributed by atoms with Gasteiger partial charge in [-0.2, -0.15) is 0 Å². The Morgan fingerprint density at radius 2 is 1.85 bits per heavy atom. The van der Waals surface area contributed by atoms with Crippen molar-refractivity contribution in [3.05, 3.63) is 23.8 Å². The van der Waals surface area contributed by atoms with E-state index in [0.29, 0.717) is 17.0 Å². The maximum Gasteiger partial charge on any atom is 0.253 e. The van der Waals surface area contributed by atoms with Crippen molar-refractivity contribution in [2.75, 3.05) is 19.8 Å². The monoisotopic (exact) mass is 276 g/mol. The number of anilines is 1. The number of ether oxygens (including phenoxy) is 1. The molecule has 0 aromatic heterocycles. The predicted molar refractivity (Wildman–Crippen MR) is 81.0 cm³/mol. The molecule has 0 heterocycles. The number of benzene rings is 1. The molecular weight excluding hydrogens is 252 g/mol. The molecule has 4 nitrogen and oxygen atoms in total. The van der Waals surface area contributed by atoms with Gasteiger partial charge in [0.25, 0.3) is 5.91 Å². The van der Waals surface area contributed by atoms with Gasteiger partial charge in [0.05, 0.1) is 11.8 Å². The third-order valence-electron chi connectivity index (χ3n) is 3.76. The summed E-state index contributed by atoms with van der Waals surface area (Å²) in [5.41, 5.74) is 7.16. The van der Waals surface area contributed by atoms with Gasteiger partial charge in [0, 0.05) is 19.7 Å². The molecule has 1 amide bonds. The number of carbonyl (C=O) groups is 1. The van der Waals surface area contributed by atoms with Crippen LogP contribution in [0.1, 0.15) is 48.9 Å². The fourth-order valence-corrected chi connectivity index (χ4v) is 2.59. The highest BCUT2D eigenvalue weighted by atomic mass is 16.5. The van der Waals surface area contributed by atoms with Gasteiger partial charge in [-0.1, -0.05) is 12.8 Å². The summed E-state index contributed by atoms with van der Waals surface area (Å²) in [5, 5.41) is 0. The van der Waals surface area contributed by atoms with E-state index < -0.39 is 0 Å². The van der Waals surface area contributed by atoms with Crippen LogP contribution in [0.5, 0.6) is 5.75 Å². The maximum atomic E-state index is 11.9. The minimum atomic E-state index is -0.0438. The zero-order chi connectivity index (χ0) is 14.5. The molecule has 0 saturated heterocycles. The van der Waals surface area contributed by atoms with E-state index in [1.165, 1.54) is 25.7 Å². The summed E-state index contributed by atoms with van der Waals surface area (Å²) < 4.78 is 6.01. The third-order valence-corrected chi connectivity index (χ3v) is 3.76. The van der Waals surface area contributed by atoms with Crippen LogP contribution in [0.2, 0.25) is 0 Å². The van der Waals surface area contributed by atoms with Crippen LogP contribution in [0.15, 0.2) is 18.2 Å². The first-order valence-electron chi connectivity index (χ1n) is 7.36. The second-order valence-electron chi connectivity index (χ2n) is 5.68. The minimum Gasteiger partial charge on any atom is -0.488 e. The van der Waals surface area contributed by atoms with Crippen molar-refractivity contribution in [3.8, 4) is 5.75 Å².